The van der Waals surface area contributed by atoms with Crippen molar-refractivity contribution < 1.29 is 0 Å². The SMILES string of the molecule is CCC(C)CC(C)NC(C)c1ccccc1Br. The minimum absolute atomic E-state index is 0.393. The van der Waals surface area contributed by atoms with Gasteiger partial charge in [0, 0.05) is 16.6 Å². The third-order valence-corrected chi connectivity index (χ3v) is 4.08. The lowest BCUT2D eigenvalue weighted by Crippen LogP contribution is -2.30. The van der Waals surface area contributed by atoms with Crippen molar-refractivity contribution in [2.45, 2.75) is 52.6 Å². The Morgan fingerprint density at radius 2 is 1.82 bits per heavy atom. The van der Waals surface area contributed by atoms with Crippen LogP contribution in [-0.4, -0.2) is 6.04 Å². The van der Waals surface area contributed by atoms with Gasteiger partial charge in [-0.2, -0.15) is 0 Å². The normalized spacial score (nSPS) is 16.5. The summed E-state index contributed by atoms with van der Waals surface area (Å²) in [4.78, 5) is 0. The number of hydrogen-bond acceptors (Lipinski definition) is 1. The molecule has 0 aliphatic heterocycles. The molecule has 0 saturated carbocycles. The van der Waals surface area contributed by atoms with E-state index in [1.807, 2.05) is 0 Å². The zero-order valence-corrected chi connectivity index (χ0v) is 12.9. The largest absolute Gasteiger partial charge is 0.308 e. The Labute approximate surface area is 114 Å². The van der Waals surface area contributed by atoms with Crippen LogP contribution in [0.3, 0.4) is 0 Å². The second-order valence-electron chi connectivity index (χ2n) is 5.06. The summed E-state index contributed by atoms with van der Waals surface area (Å²) >= 11 is 3.61. The van der Waals surface area contributed by atoms with Crippen LogP contribution in [0, 0.1) is 5.92 Å². The Morgan fingerprint density at radius 3 is 2.41 bits per heavy atom. The fourth-order valence-corrected chi connectivity index (χ4v) is 2.81. The van der Waals surface area contributed by atoms with Gasteiger partial charge in [0.15, 0.2) is 0 Å². The van der Waals surface area contributed by atoms with Crippen LogP contribution in [0.15, 0.2) is 28.7 Å². The highest BCUT2D eigenvalue weighted by Gasteiger charge is 2.13. The summed E-state index contributed by atoms with van der Waals surface area (Å²) in [6.45, 7) is 9.09. The summed E-state index contributed by atoms with van der Waals surface area (Å²) in [5.41, 5.74) is 1.34. The lowest BCUT2D eigenvalue weighted by molar-refractivity contribution is 0.385. The van der Waals surface area contributed by atoms with Crippen molar-refractivity contribution in [1.29, 1.82) is 0 Å². The third-order valence-electron chi connectivity index (χ3n) is 3.36. The molecule has 1 nitrogen and oxygen atoms in total. The van der Waals surface area contributed by atoms with Gasteiger partial charge in [-0.15, -0.1) is 0 Å². The predicted molar refractivity (Wildman–Crippen MR) is 79.2 cm³/mol. The van der Waals surface area contributed by atoms with E-state index < -0.39 is 0 Å². The summed E-state index contributed by atoms with van der Waals surface area (Å²) in [6, 6.07) is 9.39. The van der Waals surface area contributed by atoms with Crippen LogP contribution >= 0.6 is 15.9 Å². The van der Waals surface area contributed by atoms with E-state index in [9.17, 15) is 0 Å². The first kappa shape index (κ1) is 14.7. The molecule has 2 heteroatoms. The van der Waals surface area contributed by atoms with Gasteiger partial charge in [-0.05, 0) is 37.8 Å². The average Bonchev–Trinajstić information content (AvgIpc) is 2.29. The molecule has 0 spiro atoms. The first-order valence-corrected chi connectivity index (χ1v) is 7.34. The molecule has 0 aromatic heterocycles. The summed E-state index contributed by atoms with van der Waals surface area (Å²) < 4.78 is 1.19. The Kier molecular flexibility index (Phi) is 6.21. The summed E-state index contributed by atoms with van der Waals surface area (Å²) in [5.74, 6) is 0.795. The van der Waals surface area contributed by atoms with Gasteiger partial charge in [-0.3, -0.25) is 0 Å². The minimum Gasteiger partial charge on any atom is -0.308 e. The van der Waals surface area contributed by atoms with Crippen LogP contribution in [0.25, 0.3) is 0 Å². The second-order valence-corrected chi connectivity index (χ2v) is 5.91. The molecular weight excluding hydrogens is 274 g/mol. The van der Waals surface area contributed by atoms with Crippen molar-refractivity contribution >= 4 is 15.9 Å². The smallest absolute Gasteiger partial charge is 0.0305 e. The van der Waals surface area contributed by atoms with Gasteiger partial charge in [0.05, 0.1) is 0 Å². The maximum Gasteiger partial charge on any atom is 0.0305 e. The Bertz CT molecular complexity index is 337. The topological polar surface area (TPSA) is 12.0 Å². The molecule has 0 aliphatic rings. The minimum atomic E-state index is 0.393. The first-order valence-electron chi connectivity index (χ1n) is 6.55. The van der Waals surface area contributed by atoms with Crippen LogP contribution in [0.4, 0.5) is 0 Å². The van der Waals surface area contributed by atoms with Crippen molar-refractivity contribution in [2.24, 2.45) is 5.92 Å². The van der Waals surface area contributed by atoms with Crippen molar-refractivity contribution in [3.05, 3.63) is 34.3 Å². The average molecular weight is 298 g/mol. The predicted octanol–water partition coefficient (Wildman–Crippen LogP) is 4.92. The molecule has 96 valence electrons. The second kappa shape index (κ2) is 7.17. The Morgan fingerprint density at radius 1 is 1.18 bits per heavy atom. The van der Waals surface area contributed by atoms with Gasteiger partial charge in [-0.1, -0.05) is 54.4 Å². The highest BCUT2D eigenvalue weighted by molar-refractivity contribution is 9.10. The van der Waals surface area contributed by atoms with E-state index in [1.165, 1.54) is 22.9 Å². The molecule has 1 N–H and O–H groups in total. The molecule has 1 rings (SSSR count). The van der Waals surface area contributed by atoms with E-state index in [-0.39, 0.29) is 0 Å². The van der Waals surface area contributed by atoms with Crippen LogP contribution in [0.2, 0.25) is 0 Å². The fourth-order valence-electron chi connectivity index (χ4n) is 2.18. The van der Waals surface area contributed by atoms with Crippen LogP contribution in [0.1, 0.15) is 52.1 Å². The van der Waals surface area contributed by atoms with Crippen molar-refractivity contribution in [3.8, 4) is 0 Å². The molecule has 0 saturated heterocycles. The number of halogens is 1. The van der Waals surface area contributed by atoms with Gasteiger partial charge in [0.1, 0.15) is 0 Å². The monoisotopic (exact) mass is 297 g/mol. The third kappa shape index (κ3) is 4.81. The van der Waals surface area contributed by atoms with Gasteiger partial charge in [0.2, 0.25) is 0 Å². The van der Waals surface area contributed by atoms with Crippen molar-refractivity contribution in [1.82, 2.24) is 5.32 Å². The first-order chi connectivity index (χ1) is 8.04. The Balaban J connectivity index is 2.54. The molecule has 0 bridgehead atoms. The van der Waals surface area contributed by atoms with E-state index in [4.69, 9.17) is 0 Å². The maximum absolute atomic E-state index is 3.67. The van der Waals surface area contributed by atoms with Crippen LogP contribution in [0.5, 0.6) is 0 Å². The summed E-state index contributed by atoms with van der Waals surface area (Å²) in [7, 11) is 0. The lowest BCUT2D eigenvalue weighted by atomic mass is 9.99. The number of hydrogen-bond donors (Lipinski definition) is 1. The molecule has 0 amide bonds. The van der Waals surface area contributed by atoms with Gasteiger partial charge in [0.25, 0.3) is 0 Å². The van der Waals surface area contributed by atoms with E-state index in [1.54, 1.807) is 0 Å². The molecular formula is C15H24BrN. The van der Waals surface area contributed by atoms with E-state index in [2.05, 4.69) is 73.2 Å². The highest BCUT2D eigenvalue weighted by Crippen LogP contribution is 2.23. The molecule has 1 aromatic rings. The highest BCUT2D eigenvalue weighted by atomic mass is 79.9. The molecule has 3 unspecified atom stereocenters. The molecule has 17 heavy (non-hydrogen) atoms. The van der Waals surface area contributed by atoms with Crippen molar-refractivity contribution in [3.63, 3.8) is 0 Å². The van der Waals surface area contributed by atoms with Gasteiger partial charge in [-0.25, -0.2) is 0 Å². The Hall–Kier alpha value is -0.340. The number of nitrogens with one attached hydrogen (secondary N) is 1. The van der Waals surface area contributed by atoms with Crippen LogP contribution < -0.4 is 5.32 Å². The standard InChI is InChI=1S/C15H24BrN/c1-5-11(2)10-12(3)17-13(4)14-8-6-7-9-15(14)16/h6-9,11-13,17H,5,10H2,1-4H3. The van der Waals surface area contributed by atoms with E-state index >= 15 is 0 Å². The quantitative estimate of drug-likeness (QED) is 0.785. The van der Waals surface area contributed by atoms with Gasteiger partial charge < -0.3 is 5.32 Å². The molecule has 3 atom stereocenters. The number of benzene rings is 1. The van der Waals surface area contributed by atoms with E-state index in [0.717, 1.165) is 5.92 Å². The summed E-state index contributed by atoms with van der Waals surface area (Å²) in [5, 5.41) is 3.67. The maximum atomic E-state index is 3.67. The van der Waals surface area contributed by atoms with E-state index in [0.29, 0.717) is 12.1 Å². The molecule has 0 radical (unpaired) electrons. The lowest BCUT2D eigenvalue weighted by Gasteiger charge is -2.23. The zero-order valence-electron chi connectivity index (χ0n) is 11.3. The molecule has 0 heterocycles. The molecule has 0 aliphatic carbocycles. The van der Waals surface area contributed by atoms with Crippen LogP contribution in [-0.2, 0) is 0 Å². The van der Waals surface area contributed by atoms with Gasteiger partial charge >= 0.3 is 0 Å². The van der Waals surface area contributed by atoms with Crippen molar-refractivity contribution in [2.75, 3.05) is 0 Å². The summed E-state index contributed by atoms with van der Waals surface area (Å²) in [6.07, 6.45) is 2.50. The fraction of sp³-hybridized carbons (Fsp3) is 0.600. The molecule has 1 aromatic carbocycles. The zero-order chi connectivity index (χ0) is 12.8. The molecule has 0 fully saturated rings. The number of rotatable bonds is 6.